The van der Waals surface area contributed by atoms with Gasteiger partial charge in [0.2, 0.25) is 5.91 Å². The first kappa shape index (κ1) is 13.1. The fourth-order valence-corrected chi connectivity index (χ4v) is 2.19. The topological polar surface area (TPSA) is 110 Å². The number of anilines is 1. The second-order valence-electron chi connectivity index (χ2n) is 4.52. The number of aliphatic carboxylic acids is 1. The van der Waals surface area contributed by atoms with Crippen LogP contribution in [0.1, 0.15) is 12.0 Å². The molecule has 1 unspecified atom stereocenters. The first-order valence-electron chi connectivity index (χ1n) is 5.64. The van der Waals surface area contributed by atoms with Crippen LogP contribution in [0.25, 0.3) is 0 Å². The average Bonchev–Trinajstić information content (AvgIpc) is 2.35. The summed E-state index contributed by atoms with van der Waals surface area (Å²) >= 11 is 0. The number of rotatable bonds is 2. The Morgan fingerprint density at radius 1 is 1.32 bits per heavy atom. The van der Waals surface area contributed by atoms with Crippen molar-refractivity contribution in [1.29, 1.82) is 0 Å². The van der Waals surface area contributed by atoms with Crippen LogP contribution >= 0.6 is 0 Å². The molecule has 8 nitrogen and oxygen atoms in total. The van der Waals surface area contributed by atoms with E-state index in [0.29, 0.717) is 0 Å². The summed E-state index contributed by atoms with van der Waals surface area (Å²) in [4.78, 5) is 46.1. The van der Waals surface area contributed by atoms with Crippen molar-refractivity contribution in [1.82, 2.24) is 9.13 Å². The first-order chi connectivity index (χ1) is 8.82. The number of amides is 1. The van der Waals surface area contributed by atoms with Crippen molar-refractivity contribution in [3.8, 4) is 0 Å². The molecular formula is C11H13N3O5. The molecule has 0 fully saturated rings. The number of carbonyl (C=O) groups excluding carboxylic acids is 1. The van der Waals surface area contributed by atoms with E-state index in [2.05, 4.69) is 5.32 Å². The summed E-state index contributed by atoms with van der Waals surface area (Å²) < 4.78 is 2.11. The Balaban J connectivity index is 2.57. The maximum absolute atomic E-state index is 12.0. The van der Waals surface area contributed by atoms with Crippen molar-refractivity contribution in [3.05, 3.63) is 26.4 Å². The number of nitrogens with zero attached hydrogens (tertiary/aromatic N) is 2. The smallest absolute Gasteiger partial charge is 0.332 e. The lowest BCUT2D eigenvalue weighted by atomic mass is 9.93. The third-order valence-electron chi connectivity index (χ3n) is 3.24. The minimum atomic E-state index is -1.11. The van der Waals surface area contributed by atoms with Crippen molar-refractivity contribution in [2.75, 3.05) is 5.32 Å². The van der Waals surface area contributed by atoms with Gasteiger partial charge < -0.3 is 10.4 Å². The summed E-state index contributed by atoms with van der Waals surface area (Å²) in [7, 11) is 2.78. The van der Waals surface area contributed by atoms with E-state index in [1.807, 2.05) is 0 Å². The molecule has 8 heteroatoms. The van der Waals surface area contributed by atoms with E-state index >= 15 is 0 Å². The minimum absolute atomic E-state index is 0.0221. The number of carboxylic acid groups (broad SMARTS) is 1. The Labute approximate surface area is 107 Å². The zero-order valence-electron chi connectivity index (χ0n) is 10.5. The van der Waals surface area contributed by atoms with Gasteiger partial charge in [0.1, 0.15) is 5.82 Å². The fourth-order valence-electron chi connectivity index (χ4n) is 2.19. The number of carbonyl (C=O) groups is 2. The average molecular weight is 267 g/mol. The molecule has 2 heterocycles. The first-order valence-corrected chi connectivity index (χ1v) is 5.64. The Morgan fingerprint density at radius 3 is 2.53 bits per heavy atom. The molecule has 1 aliphatic heterocycles. The molecule has 102 valence electrons. The molecule has 2 N–H and O–H groups in total. The second kappa shape index (κ2) is 4.38. The van der Waals surface area contributed by atoms with Crippen LogP contribution in [-0.4, -0.2) is 26.1 Å². The summed E-state index contributed by atoms with van der Waals surface area (Å²) in [6.07, 6.45) is -0.328. The molecule has 0 saturated heterocycles. The molecular weight excluding hydrogens is 254 g/mol. The molecule has 1 aromatic rings. The predicted molar refractivity (Wildman–Crippen MR) is 65.0 cm³/mol. The number of hydrogen-bond acceptors (Lipinski definition) is 4. The molecule has 19 heavy (non-hydrogen) atoms. The zero-order valence-corrected chi connectivity index (χ0v) is 10.5. The van der Waals surface area contributed by atoms with Crippen molar-refractivity contribution in [3.63, 3.8) is 0 Å². The van der Waals surface area contributed by atoms with Crippen LogP contribution < -0.4 is 16.6 Å². The van der Waals surface area contributed by atoms with E-state index in [-0.39, 0.29) is 24.2 Å². The Hall–Kier alpha value is -2.38. The van der Waals surface area contributed by atoms with Gasteiger partial charge in [-0.15, -0.1) is 0 Å². The molecule has 1 aliphatic rings. The van der Waals surface area contributed by atoms with Crippen LogP contribution in [0.15, 0.2) is 9.59 Å². The van der Waals surface area contributed by atoms with Gasteiger partial charge in [0.15, 0.2) is 0 Å². The van der Waals surface area contributed by atoms with Crippen molar-refractivity contribution in [2.45, 2.75) is 12.8 Å². The van der Waals surface area contributed by atoms with Crippen LogP contribution in [-0.2, 0) is 30.1 Å². The maximum atomic E-state index is 12.0. The second-order valence-corrected chi connectivity index (χ2v) is 4.52. The molecule has 0 radical (unpaired) electrons. The van der Waals surface area contributed by atoms with E-state index in [1.165, 1.54) is 18.7 Å². The summed E-state index contributed by atoms with van der Waals surface area (Å²) in [5.41, 5.74) is -0.787. The van der Waals surface area contributed by atoms with Gasteiger partial charge in [0.25, 0.3) is 5.56 Å². The molecule has 1 atom stereocenters. The van der Waals surface area contributed by atoms with Crippen molar-refractivity contribution in [2.24, 2.45) is 20.0 Å². The molecule has 0 bridgehead atoms. The van der Waals surface area contributed by atoms with E-state index < -0.39 is 29.0 Å². The van der Waals surface area contributed by atoms with Gasteiger partial charge in [-0.05, 0) is 6.42 Å². The van der Waals surface area contributed by atoms with Crippen LogP contribution in [0, 0.1) is 5.92 Å². The largest absolute Gasteiger partial charge is 0.481 e. The highest BCUT2D eigenvalue weighted by Crippen LogP contribution is 2.23. The highest BCUT2D eigenvalue weighted by Gasteiger charge is 2.32. The van der Waals surface area contributed by atoms with Gasteiger partial charge in [0.05, 0.1) is 17.9 Å². The number of hydrogen-bond donors (Lipinski definition) is 2. The fraction of sp³-hybridized carbons (Fsp3) is 0.455. The quantitative estimate of drug-likeness (QED) is 0.689. The number of nitrogens with one attached hydrogen (secondary N) is 1. The number of aromatic nitrogens is 2. The number of fused-ring (bicyclic) bond motifs is 1. The highest BCUT2D eigenvalue weighted by molar-refractivity contribution is 5.96. The molecule has 2 rings (SSSR count). The molecule has 0 aliphatic carbocycles. The molecule has 0 aromatic carbocycles. The van der Waals surface area contributed by atoms with E-state index in [4.69, 9.17) is 5.11 Å². The van der Waals surface area contributed by atoms with E-state index in [0.717, 1.165) is 4.57 Å². The zero-order chi connectivity index (χ0) is 14.3. The third-order valence-corrected chi connectivity index (χ3v) is 3.24. The highest BCUT2D eigenvalue weighted by atomic mass is 16.4. The predicted octanol–water partition coefficient (Wildman–Crippen LogP) is -1.33. The summed E-state index contributed by atoms with van der Waals surface area (Å²) in [6.45, 7) is 0. The lowest BCUT2D eigenvalue weighted by Gasteiger charge is -2.24. The van der Waals surface area contributed by atoms with Crippen LogP contribution in [0.4, 0.5) is 5.82 Å². The summed E-state index contributed by atoms with van der Waals surface area (Å²) in [5.74, 6) is -2.24. The van der Waals surface area contributed by atoms with E-state index in [9.17, 15) is 19.2 Å². The SMILES string of the molecule is Cn1c2c(c(=O)n(C)c1=O)CC(CC(=O)O)C(=O)N2. The maximum Gasteiger partial charge on any atom is 0.332 e. The Bertz CT molecular complexity index is 685. The van der Waals surface area contributed by atoms with Crippen LogP contribution in [0.5, 0.6) is 0 Å². The van der Waals surface area contributed by atoms with Crippen LogP contribution in [0.3, 0.4) is 0 Å². The van der Waals surface area contributed by atoms with Gasteiger partial charge in [0, 0.05) is 14.1 Å². The Kier molecular flexibility index (Phi) is 3.01. The lowest BCUT2D eigenvalue weighted by molar-refractivity contribution is -0.140. The lowest BCUT2D eigenvalue weighted by Crippen LogP contribution is -2.45. The normalized spacial score (nSPS) is 17.8. The summed E-state index contributed by atoms with van der Waals surface area (Å²) in [6, 6.07) is 0. The van der Waals surface area contributed by atoms with Crippen molar-refractivity contribution >= 4 is 17.7 Å². The van der Waals surface area contributed by atoms with Gasteiger partial charge in [-0.2, -0.15) is 0 Å². The van der Waals surface area contributed by atoms with Gasteiger partial charge >= 0.3 is 11.7 Å². The van der Waals surface area contributed by atoms with E-state index in [1.54, 1.807) is 0 Å². The molecule has 1 amide bonds. The van der Waals surface area contributed by atoms with Gasteiger partial charge in [-0.3, -0.25) is 23.5 Å². The standard InChI is InChI=1S/C11H13N3O5/c1-13-8-6(10(18)14(2)11(13)19)3-5(4-7(15)16)9(17)12-8/h5H,3-4H2,1-2H3,(H,12,17)(H,15,16). The monoisotopic (exact) mass is 267 g/mol. The number of carboxylic acids is 1. The van der Waals surface area contributed by atoms with Gasteiger partial charge in [-0.25, -0.2) is 4.79 Å². The molecule has 0 spiro atoms. The third kappa shape index (κ3) is 2.05. The minimum Gasteiger partial charge on any atom is -0.481 e. The van der Waals surface area contributed by atoms with Gasteiger partial charge in [-0.1, -0.05) is 0 Å². The van der Waals surface area contributed by atoms with Crippen LogP contribution in [0.2, 0.25) is 0 Å². The Morgan fingerprint density at radius 2 is 1.95 bits per heavy atom. The van der Waals surface area contributed by atoms with Crippen molar-refractivity contribution < 1.29 is 14.7 Å². The summed E-state index contributed by atoms with van der Waals surface area (Å²) in [5, 5.41) is 11.2. The molecule has 1 aromatic heterocycles. The molecule has 0 saturated carbocycles.